The molecule has 3 aromatic rings. The second kappa shape index (κ2) is 8.36. The molecule has 0 saturated carbocycles. The number of aryl methyl sites for hydroxylation is 1. The minimum atomic E-state index is -0.650. The maximum atomic E-state index is 14.6. The normalized spacial score (nSPS) is 19.1. The molecule has 3 nitrogen and oxygen atoms in total. The van der Waals surface area contributed by atoms with E-state index in [0.717, 1.165) is 23.3 Å². The second-order valence-electron chi connectivity index (χ2n) is 7.15. The highest BCUT2D eigenvalue weighted by molar-refractivity contribution is 6.31. The van der Waals surface area contributed by atoms with Crippen molar-refractivity contribution in [1.29, 1.82) is 0 Å². The Balaban J connectivity index is 1.79. The number of rotatable bonds is 4. The minimum Gasteiger partial charge on any atom is -0.508 e. The van der Waals surface area contributed by atoms with Gasteiger partial charge in [0.05, 0.1) is 5.02 Å². The Hall–Kier alpha value is -2.69. The van der Waals surface area contributed by atoms with Gasteiger partial charge in [0.15, 0.2) is 0 Å². The van der Waals surface area contributed by atoms with Crippen molar-refractivity contribution in [3.63, 3.8) is 0 Å². The number of hydrogen-bond acceptors (Lipinski definition) is 3. The lowest BCUT2D eigenvalue weighted by Gasteiger charge is -2.31. The van der Waals surface area contributed by atoms with Gasteiger partial charge in [-0.25, -0.2) is 4.39 Å². The van der Waals surface area contributed by atoms with Gasteiger partial charge in [-0.15, -0.1) is 0 Å². The van der Waals surface area contributed by atoms with Crippen molar-refractivity contribution in [2.75, 3.05) is 0 Å². The molecule has 29 heavy (non-hydrogen) atoms. The second-order valence-corrected chi connectivity index (χ2v) is 7.55. The van der Waals surface area contributed by atoms with Crippen LogP contribution in [0.5, 0.6) is 5.75 Å². The molecule has 1 aliphatic heterocycles. The summed E-state index contributed by atoms with van der Waals surface area (Å²) in [4.78, 5) is 4.80. The van der Waals surface area contributed by atoms with E-state index in [1.165, 1.54) is 11.6 Å². The van der Waals surface area contributed by atoms with E-state index in [1.54, 1.807) is 24.3 Å². The number of aromatic hydroxyl groups is 1. The Labute approximate surface area is 174 Å². The van der Waals surface area contributed by atoms with Crippen LogP contribution in [0.25, 0.3) is 0 Å². The molecular weight excluding hydrogens is 387 g/mol. The predicted octanol–water partition coefficient (Wildman–Crippen LogP) is 5.97. The first-order valence-electron chi connectivity index (χ1n) is 9.70. The first-order chi connectivity index (χ1) is 14.1. The fourth-order valence-corrected chi connectivity index (χ4v) is 3.98. The van der Waals surface area contributed by atoms with Crippen molar-refractivity contribution in [2.45, 2.75) is 32.0 Å². The quantitative estimate of drug-likeness (QED) is 0.558. The summed E-state index contributed by atoms with van der Waals surface area (Å²) in [6.07, 6.45) is 0.886. The number of benzene rings is 3. The predicted molar refractivity (Wildman–Crippen MR) is 115 cm³/mol. The van der Waals surface area contributed by atoms with Gasteiger partial charge in [0.2, 0.25) is 0 Å². The third-order valence-electron chi connectivity index (χ3n) is 5.32. The Morgan fingerprint density at radius 2 is 1.83 bits per heavy atom. The van der Waals surface area contributed by atoms with E-state index >= 15 is 0 Å². The number of nitrogens with zero attached hydrogens (tertiary/aromatic N) is 1. The molecule has 3 aromatic carbocycles. The van der Waals surface area contributed by atoms with E-state index in [1.807, 2.05) is 24.3 Å². The first kappa shape index (κ1) is 19.6. The molecule has 0 fully saturated rings. The Morgan fingerprint density at radius 3 is 2.52 bits per heavy atom. The van der Waals surface area contributed by atoms with Crippen LogP contribution in [0, 0.1) is 5.82 Å². The summed E-state index contributed by atoms with van der Waals surface area (Å²) in [5.41, 5.74) is 4.15. The summed E-state index contributed by atoms with van der Waals surface area (Å²) in [5, 5.41) is 14.1. The molecule has 0 amide bonds. The molecule has 0 bridgehead atoms. The van der Waals surface area contributed by atoms with Crippen molar-refractivity contribution < 1.29 is 9.50 Å². The molecule has 1 heterocycles. The summed E-state index contributed by atoms with van der Waals surface area (Å²) >= 11 is 6.32. The van der Waals surface area contributed by atoms with Crippen LogP contribution in [-0.4, -0.2) is 10.8 Å². The maximum Gasteiger partial charge on any atom is 0.131 e. The molecule has 148 valence electrons. The SMILES string of the molecule is CCc1ccc(C2=NC(c3c(F)cccc3Cl)NC(c3ccccc3O)C2)cc1. The third-order valence-corrected chi connectivity index (χ3v) is 5.65. The Kier molecular flexibility index (Phi) is 5.65. The lowest BCUT2D eigenvalue weighted by Crippen LogP contribution is -2.33. The monoisotopic (exact) mass is 408 g/mol. The van der Waals surface area contributed by atoms with Gasteiger partial charge in [0.1, 0.15) is 17.7 Å². The molecule has 1 aliphatic rings. The Morgan fingerprint density at radius 1 is 1.07 bits per heavy atom. The van der Waals surface area contributed by atoms with Crippen molar-refractivity contribution in [3.8, 4) is 5.75 Å². The zero-order chi connectivity index (χ0) is 20.4. The van der Waals surface area contributed by atoms with Crippen molar-refractivity contribution in [1.82, 2.24) is 5.32 Å². The van der Waals surface area contributed by atoms with Crippen LogP contribution in [0.1, 0.15) is 47.8 Å². The molecular formula is C24H22ClFN2O. The van der Waals surface area contributed by atoms with E-state index < -0.39 is 12.0 Å². The minimum absolute atomic E-state index is 0.200. The van der Waals surface area contributed by atoms with E-state index in [-0.39, 0.29) is 11.8 Å². The van der Waals surface area contributed by atoms with Gasteiger partial charge in [-0.05, 0) is 35.7 Å². The summed E-state index contributed by atoms with van der Waals surface area (Å²) < 4.78 is 14.6. The molecule has 4 rings (SSSR count). The zero-order valence-electron chi connectivity index (χ0n) is 16.1. The standard InChI is InChI=1S/C24H22ClFN2O/c1-2-15-10-12-16(13-11-15)20-14-21(17-6-3-4-9-22(17)29)28-24(27-20)23-18(25)7-5-8-19(23)26/h3-13,21,24,28-29H,2,14H2,1H3. The van der Waals surface area contributed by atoms with Gasteiger partial charge in [-0.2, -0.15) is 0 Å². The van der Waals surface area contributed by atoms with Gasteiger partial charge in [0, 0.05) is 29.3 Å². The smallest absolute Gasteiger partial charge is 0.131 e. The highest BCUT2D eigenvalue weighted by Crippen LogP contribution is 2.36. The molecule has 5 heteroatoms. The fraction of sp³-hybridized carbons (Fsp3) is 0.208. The number of phenols is 1. The van der Waals surface area contributed by atoms with Gasteiger partial charge < -0.3 is 5.11 Å². The first-order valence-corrected chi connectivity index (χ1v) is 10.1. The molecule has 2 N–H and O–H groups in total. The van der Waals surface area contributed by atoms with Crippen LogP contribution in [0.4, 0.5) is 4.39 Å². The number of halogens is 2. The number of hydrogen-bond donors (Lipinski definition) is 2. The molecule has 0 spiro atoms. The number of phenolic OH excluding ortho intramolecular Hbond substituents is 1. The van der Waals surface area contributed by atoms with Gasteiger partial charge in [-0.3, -0.25) is 10.3 Å². The molecule has 0 radical (unpaired) electrons. The molecule has 2 atom stereocenters. The number of nitrogens with one attached hydrogen (secondary N) is 1. The van der Waals surface area contributed by atoms with Gasteiger partial charge >= 0.3 is 0 Å². The van der Waals surface area contributed by atoms with Crippen molar-refractivity contribution in [2.24, 2.45) is 4.99 Å². The number of aliphatic imine (C=N–C) groups is 1. The maximum absolute atomic E-state index is 14.6. The lowest BCUT2D eigenvalue weighted by molar-refractivity contribution is 0.405. The van der Waals surface area contributed by atoms with Crippen molar-refractivity contribution >= 4 is 17.3 Å². The molecule has 2 unspecified atom stereocenters. The van der Waals surface area contributed by atoms with Gasteiger partial charge in [-0.1, -0.05) is 67.1 Å². The summed E-state index contributed by atoms with van der Waals surface area (Å²) in [6.45, 7) is 2.11. The average Bonchev–Trinajstić information content (AvgIpc) is 2.74. The van der Waals surface area contributed by atoms with E-state index in [4.69, 9.17) is 16.6 Å². The van der Waals surface area contributed by atoms with Crippen LogP contribution < -0.4 is 5.32 Å². The molecule has 0 saturated heterocycles. The lowest BCUT2D eigenvalue weighted by atomic mass is 9.93. The van der Waals surface area contributed by atoms with E-state index in [0.29, 0.717) is 17.0 Å². The van der Waals surface area contributed by atoms with Gasteiger partial charge in [0.25, 0.3) is 0 Å². The third kappa shape index (κ3) is 4.04. The van der Waals surface area contributed by atoms with E-state index in [2.05, 4.69) is 24.4 Å². The van der Waals surface area contributed by atoms with Crippen LogP contribution >= 0.6 is 11.6 Å². The largest absolute Gasteiger partial charge is 0.508 e. The van der Waals surface area contributed by atoms with Crippen LogP contribution in [0.15, 0.2) is 71.7 Å². The highest BCUT2D eigenvalue weighted by atomic mass is 35.5. The number of para-hydroxylation sites is 1. The Bertz CT molecular complexity index is 1030. The molecule has 0 aromatic heterocycles. The zero-order valence-corrected chi connectivity index (χ0v) is 16.8. The fourth-order valence-electron chi connectivity index (χ4n) is 3.72. The van der Waals surface area contributed by atoms with E-state index in [9.17, 15) is 9.50 Å². The van der Waals surface area contributed by atoms with Crippen LogP contribution in [0.3, 0.4) is 0 Å². The topological polar surface area (TPSA) is 44.6 Å². The summed E-state index contributed by atoms with van der Waals surface area (Å²) in [7, 11) is 0. The summed E-state index contributed by atoms with van der Waals surface area (Å²) in [5.74, 6) is -0.205. The van der Waals surface area contributed by atoms with Crippen LogP contribution in [-0.2, 0) is 6.42 Å². The molecule has 0 aliphatic carbocycles. The summed E-state index contributed by atoms with van der Waals surface area (Å²) in [6, 6.07) is 19.9. The average molecular weight is 409 g/mol. The van der Waals surface area contributed by atoms with Crippen LogP contribution in [0.2, 0.25) is 5.02 Å². The van der Waals surface area contributed by atoms with Crippen molar-refractivity contribution in [3.05, 3.63) is 99.8 Å². The highest BCUT2D eigenvalue weighted by Gasteiger charge is 2.30.